The van der Waals surface area contributed by atoms with E-state index in [-0.39, 0.29) is 17.7 Å². The van der Waals surface area contributed by atoms with E-state index in [1.54, 1.807) is 17.5 Å². The Bertz CT molecular complexity index is 920. The van der Waals surface area contributed by atoms with Gasteiger partial charge in [0.1, 0.15) is 5.78 Å². The minimum Gasteiger partial charge on any atom is -0.369 e. The fourth-order valence-electron chi connectivity index (χ4n) is 4.52. The highest BCUT2D eigenvalue weighted by atomic mass is 32.1. The van der Waals surface area contributed by atoms with E-state index in [9.17, 15) is 9.59 Å². The lowest BCUT2D eigenvalue weighted by molar-refractivity contribution is -0.119. The summed E-state index contributed by atoms with van der Waals surface area (Å²) in [5.74, 6) is 2.10. The second-order valence-electron chi connectivity index (χ2n) is 8.71. The maximum Gasteiger partial charge on any atom is 0.200 e. The number of fused-ring (bicyclic) bond motifs is 1. The van der Waals surface area contributed by atoms with Gasteiger partial charge in [-0.25, -0.2) is 4.98 Å². The number of aryl methyl sites for hydroxylation is 1. The summed E-state index contributed by atoms with van der Waals surface area (Å²) >= 11 is 1.72. The molecule has 2 aromatic heterocycles. The van der Waals surface area contributed by atoms with Crippen molar-refractivity contribution in [2.45, 2.75) is 70.3 Å². The van der Waals surface area contributed by atoms with Crippen LogP contribution in [0.5, 0.6) is 0 Å². The Morgan fingerprint density at radius 2 is 2.04 bits per heavy atom. The van der Waals surface area contributed by atoms with Gasteiger partial charge in [0.25, 0.3) is 0 Å². The molecule has 0 radical (unpaired) electrons. The Morgan fingerprint density at radius 1 is 1.21 bits per heavy atom. The van der Waals surface area contributed by atoms with Gasteiger partial charge in [0, 0.05) is 52.5 Å². The van der Waals surface area contributed by atoms with Crippen LogP contribution in [0.3, 0.4) is 0 Å². The molecule has 2 aromatic rings. The average molecular weight is 398 g/mol. The van der Waals surface area contributed by atoms with E-state index in [1.807, 2.05) is 10.8 Å². The van der Waals surface area contributed by atoms with Gasteiger partial charge in [0.05, 0.1) is 0 Å². The molecular weight excluding hydrogens is 370 g/mol. The highest BCUT2D eigenvalue weighted by Crippen LogP contribution is 2.42. The lowest BCUT2D eigenvalue weighted by Gasteiger charge is -2.25. The number of carbonyl (C=O) groups is 2. The Balaban J connectivity index is 1.44. The maximum atomic E-state index is 13.2. The van der Waals surface area contributed by atoms with Crippen LogP contribution in [0.4, 0.5) is 5.95 Å². The number of rotatable bonds is 8. The lowest BCUT2D eigenvalue weighted by atomic mass is 9.88. The SMILES string of the molecule is Nc1nccn1[C@H]1CCc2sc(CC(=O)C3CC3)c(C(=O)CCC3CC3)c2C1. The van der Waals surface area contributed by atoms with Crippen LogP contribution in [-0.2, 0) is 24.1 Å². The number of anilines is 1. The van der Waals surface area contributed by atoms with Crippen LogP contribution >= 0.6 is 11.3 Å². The zero-order valence-electron chi connectivity index (χ0n) is 16.2. The maximum absolute atomic E-state index is 13.2. The fraction of sp³-hybridized carbons (Fsp3) is 0.591. The van der Waals surface area contributed by atoms with Gasteiger partial charge in [-0.05, 0) is 50.0 Å². The number of hydrogen-bond donors (Lipinski definition) is 1. The minimum atomic E-state index is 0.242. The Hall–Kier alpha value is -1.95. The van der Waals surface area contributed by atoms with Crippen molar-refractivity contribution >= 4 is 28.9 Å². The molecule has 28 heavy (non-hydrogen) atoms. The standard InChI is InChI=1S/C22H27N3O2S/c23-22-24-9-10-25(22)15-6-8-19-16(11-15)21(17(26)7-3-13-1-2-13)20(28-19)12-18(27)14-4-5-14/h9-10,13-15H,1-8,11-12H2,(H2,23,24)/t15-/m0/s1. The van der Waals surface area contributed by atoms with Gasteiger partial charge in [-0.2, -0.15) is 0 Å². The highest BCUT2D eigenvalue weighted by Gasteiger charge is 2.34. The third-order valence-corrected chi connectivity index (χ3v) is 7.81. The molecule has 0 amide bonds. The fourth-order valence-corrected chi connectivity index (χ4v) is 5.90. The minimum absolute atomic E-state index is 0.242. The van der Waals surface area contributed by atoms with Crippen molar-refractivity contribution in [1.29, 1.82) is 0 Å². The third-order valence-electron chi connectivity index (χ3n) is 6.52. The summed E-state index contributed by atoms with van der Waals surface area (Å²) in [6, 6.07) is 0.242. The smallest absolute Gasteiger partial charge is 0.200 e. The molecule has 2 fully saturated rings. The predicted octanol–water partition coefficient (Wildman–Crippen LogP) is 4.15. The van der Waals surface area contributed by atoms with Gasteiger partial charge in [-0.3, -0.25) is 9.59 Å². The van der Waals surface area contributed by atoms with Crippen molar-refractivity contribution in [3.8, 4) is 0 Å². The molecule has 5 nitrogen and oxygen atoms in total. The van der Waals surface area contributed by atoms with Gasteiger partial charge < -0.3 is 10.3 Å². The van der Waals surface area contributed by atoms with E-state index >= 15 is 0 Å². The summed E-state index contributed by atoms with van der Waals surface area (Å²) in [4.78, 5) is 32.2. The molecule has 0 aromatic carbocycles. The number of nitrogen functional groups attached to an aromatic ring is 1. The number of Topliss-reactive ketones (excluding diaryl/α,β-unsaturated/α-hetero) is 2. The van der Waals surface area contributed by atoms with Crippen LogP contribution < -0.4 is 5.73 Å². The van der Waals surface area contributed by atoms with E-state index in [0.717, 1.165) is 54.9 Å². The zero-order chi connectivity index (χ0) is 19.3. The van der Waals surface area contributed by atoms with Crippen LogP contribution in [0.1, 0.15) is 76.7 Å². The molecule has 148 valence electrons. The van der Waals surface area contributed by atoms with E-state index in [4.69, 9.17) is 5.73 Å². The zero-order valence-corrected chi connectivity index (χ0v) is 17.0. The summed E-state index contributed by atoms with van der Waals surface area (Å²) < 4.78 is 2.04. The van der Waals surface area contributed by atoms with Crippen LogP contribution in [0.2, 0.25) is 0 Å². The summed E-state index contributed by atoms with van der Waals surface area (Å²) in [7, 11) is 0. The van der Waals surface area contributed by atoms with Crippen LogP contribution in [0.15, 0.2) is 12.4 Å². The number of nitrogens with zero attached hydrogens (tertiary/aromatic N) is 2. The van der Waals surface area contributed by atoms with Gasteiger partial charge in [-0.15, -0.1) is 11.3 Å². The third kappa shape index (κ3) is 3.54. The number of carbonyl (C=O) groups excluding carboxylic acids is 2. The molecular formula is C22H27N3O2S. The predicted molar refractivity (Wildman–Crippen MR) is 110 cm³/mol. The van der Waals surface area contributed by atoms with Crippen molar-refractivity contribution < 1.29 is 9.59 Å². The topological polar surface area (TPSA) is 78.0 Å². The number of aromatic nitrogens is 2. The van der Waals surface area contributed by atoms with Crippen molar-refractivity contribution in [3.63, 3.8) is 0 Å². The molecule has 0 aliphatic heterocycles. The molecule has 5 rings (SSSR count). The van der Waals surface area contributed by atoms with Gasteiger partial charge >= 0.3 is 0 Å². The second kappa shape index (κ2) is 7.14. The monoisotopic (exact) mass is 397 g/mol. The van der Waals surface area contributed by atoms with Crippen molar-refractivity contribution in [3.05, 3.63) is 33.3 Å². The van der Waals surface area contributed by atoms with Crippen LogP contribution in [0.25, 0.3) is 0 Å². The van der Waals surface area contributed by atoms with Crippen molar-refractivity contribution in [2.75, 3.05) is 5.73 Å². The number of hydrogen-bond acceptors (Lipinski definition) is 5. The summed E-state index contributed by atoms with van der Waals surface area (Å²) in [6.45, 7) is 0. The first kappa shape index (κ1) is 18.1. The molecule has 0 unspecified atom stereocenters. The number of ketones is 2. The molecule has 3 aliphatic carbocycles. The van der Waals surface area contributed by atoms with Gasteiger partial charge in [0.15, 0.2) is 11.7 Å². The molecule has 0 saturated heterocycles. The normalized spacial score (nSPS) is 21.5. The summed E-state index contributed by atoms with van der Waals surface area (Å²) in [6.07, 6.45) is 13.1. The molecule has 2 N–H and O–H groups in total. The van der Waals surface area contributed by atoms with Crippen LogP contribution in [0, 0.1) is 11.8 Å². The van der Waals surface area contributed by atoms with E-state index in [1.165, 1.54) is 23.3 Å². The van der Waals surface area contributed by atoms with Gasteiger partial charge in [0.2, 0.25) is 0 Å². The first-order chi connectivity index (χ1) is 13.6. The molecule has 0 spiro atoms. The second-order valence-corrected chi connectivity index (χ2v) is 9.90. The lowest BCUT2D eigenvalue weighted by Crippen LogP contribution is -2.20. The first-order valence-corrected chi connectivity index (χ1v) is 11.4. The molecule has 2 heterocycles. The largest absolute Gasteiger partial charge is 0.369 e. The average Bonchev–Trinajstić information content (AvgIpc) is 3.60. The summed E-state index contributed by atoms with van der Waals surface area (Å²) in [5, 5.41) is 0. The van der Waals surface area contributed by atoms with Gasteiger partial charge in [-0.1, -0.05) is 12.8 Å². The quantitative estimate of drug-likeness (QED) is 0.679. The number of thiophene rings is 1. The first-order valence-electron chi connectivity index (χ1n) is 10.6. The molecule has 0 bridgehead atoms. The van der Waals surface area contributed by atoms with E-state index in [0.29, 0.717) is 24.6 Å². The van der Waals surface area contributed by atoms with E-state index in [2.05, 4.69) is 4.98 Å². The molecule has 1 atom stereocenters. The van der Waals surface area contributed by atoms with Crippen molar-refractivity contribution in [1.82, 2.24) is 9.55 Å². The Kier molecular flexibility index (Phi) is 4.62. The molecule has 2 saturated carbocycles. The van der Waals surface area contributed by atoms with Crippen molar-refractivity contribution in [2.24, 2.45) is 11.8 Å². The molecule has 6 heteroatoms. The number of nitrogens with two attached hydrogens (primary N) is 1. The van der Waals surface area contributed by atoms with E-state index < -0.39 is 0 Å². The molecule has 3 aliphatic rings. The highest BCUT2D eigenvalue weighted by molar-refractivity contribution is 7.12. The Morgan fingerprint density at radius 3 is 2.71 bits per heavy atom. The summed E-state index contributed by atoms with van der Waals surface area (Å²) in [5.41, 5.74) is 8.11. The Labute approximate surface area is 169 Å². The number of imidazole rings is 1. The van der Waals surface area contributed by atoms with Crippen LogP contribution in [-0.4, -0.2) is 21.1 Å².